The van der Waals surface area contributed by atoms with Crippen LogP contribution in [0.2, 0.25) is 0 Å². The molecule has 1 unspecified atom stereocenters. The highest BCUT2D eigenvalue weighted by Crippen LogP contribution is 2.24. The molecule has 1 aliphatic rings. The second-order valence-corrected chi connectivity index (χ2v) is 9.04. The molecule has 0 radical (unpaired) electrons. The SMILES string of the molecule is CC1CCCCN1CCn1ncc2cc(NC(=O)Nc3ccc(Oc4ccccc4)cc3)ccc21. The number of carbonyl (C=O) groups is 1. The van der Waals surface area contributed by atoms with Crippen LogP contribution in [0.4, 0.5) is 16.2 Å². The molecule has 7 nitrogen and oxygen atoms in total. The molecule has 0 spiro atoms. The van der Waals surface area contributed by atoms with E-state index >= 15 is 0 Å². The summed E-state index contributed by atoms with van der Waals surface area (Å²) < 4.78 is 7.85. The maximum absolute atomic E-state index is 12.5. The molecule has 7 heteroatoms. The molecule has 5 rings (SSSR count). The molecular formula is C28H31N5O2. The number of nitrogens with zero attached hydrogens (tertiary/aromatic N) is 3. The Morgan fingerprint density at radius 2 is 1.69 bits per heavy atom. The highest BCUT2D eigenvalue weighted by atomic mass is 16.5. The number of para-hydroxylation sites is 1. The number of piperidine rings is 1. The zero-order valence-corrected chi connectivity index (χ0v) is 20.0. The monoisotopic (exact) mass is 469 g/mol. The lowest BCUT2D eigenvalue weighted by Gasteiger charge is -2.33. The summed E-state index contributed by atoms with van der Waals surface area (Å²) in [6.07, 6.45) is 5.76. The Balaban J connectivity index is 1.16. The molecule has 1 atom stereocenters. The fourth-order valence-electron chi connectivity index (χ4n) is 4.58. The number of carbonyl (C=O) groups excluding carboxylic acids is 1. The molecule has 35 heavy (non-hydrogen) atoms. The van der Waals surface area contributed by atoms with E-state index in [4.69, 9.17) is 4.74 Å². The van der Waals surface area contributed by atoms with Crippen molar-refractivity contribution in [3.8, 4) is 11.5 Å². The van der Waals surface area contributed by atoms with E-state index in [9.17, 15) is 4.79 Å². The van der Waals surface area contributed by atoms with Crippen LogP contribution < -0.4 is 15.4 Å². The van der Waals surface area contributed by atoms with Gasteiger partial charge in [-0.25, -0.2) is 4.79 Å². The fraction of sp³-hybridized carbons (Fsp3) is 0.286. The Labute approximate surface area is 205 Å². The summed E-state index contributed by atoms with van der Waals surface area (Å²) in [6.45, 7) is 5.36. The van der Waals surface area contributed by atoms with Crippen LogP contribution in [-0.2, 0) is 6.54 Å². The highest BCUT2D eigenvalue weighted by Gasteiger charge is 2.18. The van der Waals surface area contributed by atoms with E-state index in [-0.39, 0.29) is 6.03 Å². The largest absolute Gasteiger partial charge is 0.457 e. The van der Waals surface area contributed by atoms with Crippen LogP contribution in [0.5, 0.6) is 11.5 Å². The van der Waals surface area contributed by atoms with Gasteiger partial charge in [-0.15, -0.1) is 0 Å². The van der Waals surface area contributed by atoms with Crippen LogP contribution in [0, 0.1) is 0 Å². The molecule has 1 aliphatic heterocycles. The number of likely N-dealkylation sites (tertiary alicyclic amines) is 1. The molecule has 0 bridgehead atoms. The molecule has 1 aromatic heterocycles. The van der Waals surface area contributed by atoms with Gasteiger partial charge in [0, 0.05) is 29.3 Å². The third-order valence-electron chi connectivity index (χ3n) is 6.53. The van der Waals surface area contributed by atoms with Crippen molar-refractivity contribution in [3.63, 3.8) is 0 Å². The van der Waals surface area contributed by atoms with Gasteiger partial charge in [0.15, 0.2) is 0 Å². The number of benzene rings is 3. The van der Waals surface area contributed by atoms with Crippen LogP contribution >= 0.6 is 0 Å². The second-order valence-electron chi connectivity index (χ2n) is 9.04. The number of hydrogen-bond acceptors (Lipinski definition) is 4. The number of hydrogen-bond donors (Lipinski definition) is 2. The van der Waals surface area contributed by atoms with Gasteiger partial charge in [0.1, 0.15) is 11.5 Å². The number of aromatic nitrogens is 2. The van der Waals surface area contributed by atoms with E-state index in [0.29, 0.717) is 17.5 Å². The van der Waals surface area contributed by atoms with Crippen molar-refractivity contribution in [3.05, 3.63) is 79.0 Å². The molecule has 2 N–H and O–H groups in total. The lowest BCUT2D eigenvalue weighted by molar-refractivity contribution is 0.154. The van der Waals surface area contributed by atoms with Crippen molar-refractivity contribution in [2.24, 2.45) is 0 Å². The Morgan fingerprint density at radius 3 is 2.49 bits per heavy atom. The van der Waals surface area contributed by atoms with Crippen LogP contribution in [0.3, 0.4) is 0 Å². The van der Waals surface area contributed by atoms with Gasteiger partial charge in [-0.3, -0.25) is 9.58 Å². The van der Waals surface area contributed by atoms with Crippen molar-refractivity contribution in [1.29, 1.82) is 0 Å². The predicted octanol–water partition coefficient (Wildman–Crippen LogP) is 6.35. The molecule has 1 fully saturated rings. The topological polar surface area (TPSA) is 71.4 Å². The maximum Gasteiger partial charge on any atom is 0.323 e. The average molecular weight is 470 g/mol. The van der Waals surface area contributed by atoms with Crippen molar-refractivity contribution >= 4 is 28.3 Å². The number of urea groups is 1. The summed E-state index contributed by atoms with van der Waals surface area (Å²) >= 11 is 0. The number of nitrogens with one attached hydrogen (secondary N) is 2. The van der Waals surface area contributed by atoms with E-state index in [2.05, 4.69) is 32.2 Å². The summed E-state index contributed by atoms with van der Waals surface area (Å²) in [5.74, 6) is 1.48. The quantitative estimate of drug-likeness (QED) is 0.331. The summed E-state index contributed by atoms with van der Waals surface area (Å²) in [4.78, 5) is 15.1. The lowest BCUT2D eigenvalue weighted by Crippen LogP contribution is -2.39. The Morgan fingerprint density at radius 1 is 0.943 bits per heavy atom. The first kappa shape index (κ1) is 22.9. The molecule has 1 saturated heterocycles. The van der Waals surface area contributed by atoms with Crippen molar-refractivity contribution in [1.82, 2.24) is 14.7 Å². The van der Waals surface area contributed by atoms with Gasteiger partial charge >= 0.3 is 6.03 Å². The molecule has 4 aromatic rings. The van der Waals surface area contributed by atoms with E-state index in [1.807, 2.05) is 79.0 Å². The second kappa shape index (κ2) is 10.6. The van der Waals surface area contributed by atoms with E-state index in [0.717, 1.165) is 35.4 Å². The standard InChI is InChI=1S/C28H31N5O2/c1-21-7-5-6-16-32(21)17-18-33-27-15-12-24(19-22(27)20-29-33)31-28(34)30-23-10-13-26(14-11-23)35-25-8-3-2-4-9-25/h2-4,8-15,19-21H,5-7,16-18H2,1H3,(H2,30,31,34). The molecule has 180 valence electrons. The van der Waals surface area contributed by atoms with Gasteiger partial charge in [0.25, 0.3) is 0 Å². The first-order chi connectivity index (χ1) is 17.1. The smallest absolute Gasteiger partial charge is 0.323 e. The van der Waals surface area contributed by atoms with Gasteiger partial charge in [-0.2, -0.15) is 5.10 Å². The number of fused-ring (bicyclic) bond motifs is 1. The fourth-order valence-corrected chi connectivity index (χ4v) is 4.58. The number of amides is 2. The van der Waals surface area contributed by atoms with Crippen LogP contribution in [0.15, 0.2) is 79.0 Å². The van der Waals surface area contributed by atoms with Crippen LogP contribution in [-0.4, -0.2) is 39.8 Å². The summed E-state index contributed by atoms with van der Waals surface area (Å²) in [7, 11) is 0. The minimum absolute atomic E-state index is 0.299. The van der Waals surface area contributed by atoms with Crippen molar-refractivity contribution < 1.29 is 9.53 Å². The highest BCUT2D eigenvalue weighted by molar-refractivity contribution is 6.01. The molecule has 0 saturated carbocycles. The zero-order valence-electron chi connectivity index (χ0n) is 20.0. The Bertz CT molecular complexity index is 1270. The number of ether oxygens (including phenoxy) is 1. The van der Waals surface area contributed by atoms with Gasteiger partial charge in [-0.05, 0) is 80.9 Å². The first-order valence-electron chi connectivity index (χ1n) is 12.2. The zero-order chi connectivity index (χ0) is 24.0. The number of anilines is 2. The Kier molecular flexibility index (Phi) is 6.95. The molecule has 2 amide bonds. The first-order valence-corrected chi connectivity index (χ1v) is 12.2. The molecule has 2 heterocycles. The van der Waals surface area contributed by atoms with Crippen molar-refractivity contribution in [2.45, 2.75) is 38.8 Å². The minimum atomic E-state index is -0.299. The van der Waals surface area contributed by atoms with Crippen LogP contribution in [0.25, 0.3) is 10.9 Å². The molecular weight excluding hydrogens is 438 g/mol. The van der Waals surface area contributed by atoms with Gasteiger partial charge in [0.05, 0.1) is 18.3 Å². The third-order valence-corrected chi connectivity index (χ3v) is 6.53. The normalized spacial score (nSPS) is 16.2. The Hall–Kier alpha value is -3.84. The average Bonchev–Trinajstić information content (AvgIpc) is 3.27. The lowest BCUT2D eigenvalue weighted by atomic mass is 10.0. The molecule has 0 aliphatic carbocycles. The summed E-state index contributed by atoms with van der Waals surface area (Å²) in [6, 6.07) is 23.1. The van der Waals surface area contributed by atoms with Gasteiger partial charge < -0.3 is 15.4 Å². The van der Waals surface area contributed by atoms with E-state index in [1.165, 1.54) is 25.8 Å². The van der Waals surface area contributed by atoms with Gasteiger partial charge in [0.2, 0.25) is 0 Å². The van der Waals surface area contributed by atoms with E-state index in [1.54, 1.807) is 0 Å². The van der Waals surface area contributed by atoms with Crippen LogP contribution in [0.1, 0.15) is 26.2 Å². The maximum atomic E-state index is 12.5. The van der Waals surface area contributed by atoms with Gasteiger partial charge in [-0.1, -0.05) is 24.6 Å². The number of rotatable bonds is 7. The van der Waals surface area contributed by atoms with Crippen molar-refractivity contribution in [2.75, 3.05) is 23.7 Å². The third kappa shape index (κ3) is 5.81. The summed E-state index contributed by atoms with van der Waals surface area (Å²) in [5, 5.41) is 11.4. The minimum Gasteiger partial charge on any atom is -0.457 e. The predicted molar refractivity (Wildman–Crippen MR) is 140 cm³/mol. The van der Waals surface area contributed by atoms with E-state index < -0.39 is 0 Å². The summed E-state index contributed by atoms with van der Waals surface area (Å²) in [5.41, 5.74) is 2.49. The molecule has 3 aromatic carbocycles.